The molecule has 20 heavy (non-hydrogen) atoms. The van der Waals surface area contributed by atoms with Gasteiger partial charge in [0, 0.05) is 16.3 Å². The average Bonchev–Trinajstić information content (AvgIpc) is 2.33. The molecule has 0 atom stereocenters. The quantitative estimate of drug-likeness (QED) is 0.884. The van der Waals surface area contributed by atoms with E-state index in [4.69, 9.17) is 17.3 Å². The maximum atomic E-state index is 13.6. The van der Waals surface area contributed by atoms with Crippen molar-refractivity contribution in [3.05, 3.63) is 58.4 Å². The van der Waals surface area contributed by atoms with Crippen LogP contribution in [0.25, 0.3) is 0 Å². The van der Waals surface area contributed by atoms with E-state index in [0.29, 0.717) is 16.3 Å². The zero-order chi connectivity index (χ0) is 14.9. The number of hydrogen-bond acceptors (Lipinski definition) is 3. The van der Waals surface area contributed by atoms with Crippen LogP contribution in [-0.2, 0) is 15.6 Å². The number of aryl methyl sites for hydroxylation is 1. The maximum Gasteiger partial charge on any atom is 0.182 e. The Kier molecular flexibility index (Phi) is 4.01. The van der Waals surface area contributed by atoms with Crippen LogP contribution in [0.4, 0.5) is 10.1 Å². The highest BCUT2D eigenvalue weighted by molar-refractivity contribution is 7.90. The number of hydrogen-bond donors (Lipinski definition) is 1. The third kappa shape index (κ3) is 3.11. The molecule has 0 fully saturated rings. The lowest BCUT2D eigenvalue weighted by atomic mass is 10.2. The second-order valence-electron chi connectivity index (χ2n) is 4.52. The molecule has 2 aromatic carbocycles. The number of benzene rings is 2. The molecule has 2 N–H and O–H groups in total. The van der Waals surface area contributed by atoms with Gasteiger partial charge in [0.25, 0.3) is 0 Å². The van der Waals surface area contributed by atoms with Gasteiger partial charge < -0.3 is 5.73 Å². The molecule has 0 unspecified atom stereocenters. The molecule has 0 heterocycles. The van der Waals surface area contributed by atoms with E-state index in [9.17, 15) is 12.8 Å². The minimum atomic E-state index is -3.65. The minimum absolute atomic E-state index is 0.0497. The molecule has 0 saturated heterocycles. The summed E-state index contributed by atoms with van der Waals surface area (Å²) in [5.74, 6) is -1.03. The number of sulfone groups is 1. The van der Waals surface area contributed by atoms with Crippen molar-refractivity contribution in [3.8, 4) is 0 Å². The van der Waals surface area contributed by atoms with Crippen molar-refractivity contribution >= 4 is 27.1 Å². The minimum Gasteiger partial charge on any atom is -0.399 e. The third-order valence-electron chi connectivity index (χ3n) is 2.89. The second kappa shape index (κ2) is 5.42. The molecule has 3 nitrogen and oxygen atoms in total. The predicted octanol–water partition coefficient (Wildman–Crippen LogP) is 3.34. The molecule has 0 bridgehead atoms. The molecule has 0 aliphatic rings. The molecule has 2 aromatic rings. The van der Waals surface area contributed by atoms with Crippen molar-refractivity contribution < 1.29 is 12.8 Å². The molecule has 2 rings (SSSR count). The molecule has 0 radical (unpaired) electrons. The van der Waals surface area contributed by atoms with Crippen LogP contribution in [0.2, 0.25) is 5.02 Å². The topological polar surface area (TPSA) is 60.2 Å². The number of nitrogen functional groups attached to an aromatic ring is 1. The Hall–Kier alpha value is -1.59. The van der Waals surface area contributed by atoms with E-state index in [1.807, 2.05) is 0 Å². The Morgan fingerprint density at radius 3 is 2.55 bits per heavy atom. The molecule has 0 saturated carbocycles. The lowest BCUT2D eigenvalue weighted by Gasteiger charge is -2.09. The fourth-order valence-electron chi connectivity index (χ4n) is 1.96. The Morgan fingerprint density at radius 2 is 1.90 bits per heavy atom. The van der Waals surface area contributed by atoms with E-state index in [2.05, 4.69) is 0 Å². The van der Waals surface area contributed by atoms with Crippen LogP contribution in [0, 0.1) is 12.7 Å². The van der Waals surface area contributed by atoms with E-state index in [0.717, 1.165) is 6.07 Å². The van der Waals surface area contributed by atoms with Gasteiger partial charge >= 0.3 is 0 Å². The first-order valence-corrected chi connectivity index (χ1v) is 7.85. The first-order valence-electron chi connectivity index (χ1n) is 5.82. The summed E-state index contributed by atoms with van der Waals surface area (Å²) in [6, 6.07) is 8.36. The highest BCUT2D eigenvalue weighted by Crippen LogP contribution is 2.24. The SMILES string of the molecule is Cc1cc(N)ccc1S(=O)(=O)Cc1cc(Cl)ccc1F. The molecule has 0 aliphatic heterocycles. The monoisotopic (exact) mass is 313 g/mol. The Morgan fingerprint density at radius 1 is 1.20 bits per heavy atom. The Bertz CT molecular complexity index is 760. The molecule has 0 aromatic heterocycles. The van der Waals surface area contributed by atoms with Crippen molar-refractivity contribution in [1.29, 1.82) is 0 Å². The van der Waals surface area contributed by atoms with E-state index < -0.39 is 21.4 Å². The zero-order valence-electron chi connectivity index (χ0n) is 10.7. The van der Waals surface area contributed by atoms with E-state index in [-0.39, 0.29) is 10.5 Å². The van der Waals surface area contributed by atoms with Crippen molar-refractivity contribution in [2.24, 2.45) is 0 Å². The van der Waals surface area contributed by atoms with Crippen LogP contribution >= 0.6 is 11.6 Å². The molecule has 106 valence electrons. The standard InChI is InChI=1S/C14H13ClFNO2S/c1-9-6-12(17)3-5-14(9)20(18,19)8-10-7-11(15)2-4-13(10)16/h2-7H,8,17H2,1H3. The van der Waals surface area contributed by atoms with Crippen molar-refractivity contribution in [1.82, 2.24) is 0 Å². The van der Waals surface area contributed by atoms with Gasteiger partial charge in [-0.05, 0) is 48.9 Å². The molecule has 0 spiro atoms. The van der Waals surface area contributed by atoms with Gasteiger partial charge in [0.15, 0.2) is 9.84 Å². The van der Waals surface area contributed by atoms with Gasteiger partial charge in [0.2, 0.25) is 0 Å². The first kappa shape index (κ1) is 14.8. The van der Waals surface area contributed by atoms with Gasteiger partial charge in [0.1, 0.15) is 5.82 Å². The highest BCUT2D eigenvalue weighted by Gasteiger charge is 2.20. The molecule has 0 amide bonds. The molecular formula is C14H13ClFNO2S. The smallest absolute Gasteiger partial charge is 0.182 e. The fourth-order valence-corrected chi connectivity index (χ4v) is 3.76. The van der Waals surface area contributed by atoms with Crippen LogP contribution < -0.4 is 5.73 Å². The Labute approximate surface area is 122 Å². The number of nitrogens with two attached hydrogens (primary N) is 1. The second-order valence-corrected chi connectivity index (χ2v) is 6.91. The van der Waals surface area contributed by atoms with Crippen LogP contribution in [-0.4, -0.2) is 8.42 Å². The van der Waals surface area contributed by atoms with Crippen LogP contribution in [0.5, 0.6) is 0 Å². The normalized spacial score (nSPS) is 11.6. The largest absolute Gasteiger partial charge is 0.399 e. The number of halogens is 2. The summed E-state index contributed by atoms with van der Waals surface area (Å²) in [5.41, 5.74) is 6.66. The molecule has 0 aliphatic carbocycles. The lowest BCUT2D eigenvalue weighted by Crippen LogP contribution is -2.08. The lowest BCUT2D eigenvalue weighted by molar-refractivity contribution is 0.586. The van der Waals surface area contributed by atoms with E-state index in [1.165, 1.54) is 24.3 Å². The van der Waals surface area contributed by atoms with Gasteiger partial charge in [-0.2, -0.15) is 0 Å². The first-order chi connectivity index (χ1) is 9.29. The summed E-state index contributed by atoms with van der Waals surface area (Å²) in [4.78, 5) is 0.145. The third-order valence-corrected chi connectivity index (χ3v) is 4.94. The summed E-state index contributed by atoms with van der Waals surface area (Å²) in [6.07, 6.45) is 0. The van der Waals surface area contributed by atoms with Crippen molar-refractivity contribution in [3.63, 3.8) is 0 Å². The number of anilines is 1. The van der Waals surface area contributed by atoms with Crippen molar-refractivity contribution in [2.75, 3.05) is 5.73 Å². The number of rotatable bonds is 3. The van der Waals surface area contributed by atoms with Gasteiger partial charge in [-0.25, -0.2) is 12.8 Å². The van der Waals surface area contributed by atoms with Crippen LogP contribution in [0.3, 0.4) is 0 Å². The summed E-state index contributed by atoms with van der Waals surface area (Å²) in [7, 11) is -3.65. The van der Waals surface area contributed by atoms with Gasteiger partial charge in [0.05, 0.1) is 10.6 Å². The molecular weight excluding hydrogens is 301 g/mol. The highest BCUT2D eigenvalue weighted by atomic mass is 35.5. The predicted molar refractivity (Wildman–Crippen MR) is 77.9 cm³/mol. The zero-order valence-corrected chi connectivity index (χ0v) is 12.3. The summed E-state index contributed by atoms with van der Waals surface area (Å²) >= 11 is 5.77. The fraction of sp³-hybridized carbons (Fsp3) is 0.143. The van der Waals surface area contributed by atoms with Gasteiger partial charge in [-0.3, -0.25) is 0 Å². The summed E-state index contributed by atoms with van der Waals surface area (Å²) < 4.78 is 38.3. The Balaban J connectivity index is 2.43. The maximum absolute atomic E-state index is 13.6. The van der Waals surface area contributed by atoms with E-state index in [1.54, 1.807) is 13.0 Å². The van der Waals surface area contributed by atoms with Gasteiger partial charge in [-0.15, -0.1) is 0 Å². The molecule has 6 heteroatoms. The average molecular weight is 314 g/mol. The van der Waals surface area contributed by atoms with E-state index >= 15 is 0 Å². The summed E-state index contributed by atoms with van der Waals surface area (Å²) in [5, 5.41) is 0.297. The van der Waals surface area contributed by atoms with Gasteiger partial charge in [-0.1, -0.05) is 11.6 Å². The summed E-state index contributed by atoms with van der Waals surface area (Å²) in [6.45, 7) is 1.65. The van der Waals surface area contributed by atoms with Crippen molar-refractivity contribution in [2.45, 2.75) is 17.6 Å². The van der Waals surface area contributed by atoms with Crippen LogP contribution in [0.1, 0.15) is 11.1 Å². The van der Waals surface area contributed by atoms with Crippen LogP contribution in [0.15, 0.2) is 41.3 Å².